The minimum Gasteiger partial charge on any atom is -0.440 e. The number of thiophene rings is 1. The van der Waals surface area contributed by atoms with Gasteiger partial charge in [0.25, 0.3) is 5.91 Å². The fourth-order valence-corrected chi connectivity index (χ4v) is 4.20. The summed E-state index contributed by atoms with van der Waals surface area (Å²) >= 11 is 1.48. The van der Waals surface area contributed by atoms with E-state index in [-0.39, 0.29) is 18.0 Å². The van der Waals surface area contributed by atoms with E-state index >= 15 is 0 Å². The lowest BCUT2D eigenvalue weighted by atomic mass is 10.2. The van der Waals surface area contributed by atoms with Gasteiger partial charge in [0.05, 0.1) is 10.6 Å². The Hall–Kier alpha value is -2.75. The Morgan fingerprint density at radius 3 is 2.68 bits per heavy atom. The number of nitrogens with one attached hydrogen (secondary N) is 2. The van der Waals surface area contributed by atoms with Crippen LogP contribution in [0.2, 0.25) is 0 Å². The number of anilines is 1. The SMILES string of the molecule is C=CCNS(=O)(=O)Cc1ccc(NC(=O)c2nc(-c3cccs3)oc2C)cc1. The number of nitrogens with zero attached hydrogens (tertiary/aromatic N) is 1. The highest BCUT2D eigenvalue weighted by Gasteiger charge is 2.19. The minimum atomic E-state index is -3.43. The molecule has 0 saturated heterocycles. The van der Waals surface area contributed by atoms with Crippen molar-refractivity contribution < 1.29 is 17.6 Å². The number of oxazole rings is 1. The summed E-state index contributed by atoms with van der Waals surface area (Å²) in [7, 11) is -3.43. The summed E-state index contributed by atoms with van der Waals surface area (Å²) in [4.78, 5) is 17.6. The molecule has 0 aliphatic heterocycles. The normalized spacial score (nSPS) is 11.3. The second kappa shape index (κ2) is 8.51. The van der Waals surface area contributed by atoms with E-state index in [4.69, 9.17) is 4.42 Å². The van der Waals surface area contributed by atoms with Crippen molar-refractivity contribution in [2.75, 3.05) is 11.9 Å². The number of carbonyl (C=O) groups is 1. The number of sulfonamides is 1. The van der Waals surface area contributed by atoms with Gasteiger partial charge in [0.1, 0.15) is 5.76 Å². The molecule has 2 aromatic heterocycles. The minimum absolute atomic E-state index is 0.151. The number of amides is 1. The van der Waals surface area contributed by atoms with Crippen LogP contribution in [0.3, 0.4) is 0 Å². The Morgan fingerprint density at radius 2 is 2.04 bits per heavy atom. The van der Waals surface area contributed by atoms with Crippen molar-refractivity contribution in [2.45, 2.75) is 12.7 Å². The van der Waals surface area contributed by atoms with Gasteiger partial charge in [0.15, 0.2) is 5.69 Å². The molecule has 3 rings (SSSR count). The molecule has 146 valence electrons. The predicted molar refractivity (Wildman–Crippen MR) is 110 cm³/mol. The number of rotatable bonds is 8. The van der Waals surface area contributed by atoms with Gasteiger partial charge in [-0.3, -0.25) is 4.79 Å². The first-order valence-corrected chi connectivity index (χ1v) is 10.9. The van der Waals surface area contributed by atoms with Gasteiger partial charge in [-0.15, -0.1) is 17.9 Å². The highest BCUT2D eigenvalue weighted by Crippen LogP contribution is 2.26. The Kier molecular flexibility index (Phi) is 6.08. The molecule has 0 saturated carbocycles. The summed E-state index contributed by atoms with van der Waals surface area (Å²) in [5.74, 6) is 0.293. The summed E-state index contributed by atoms with van der Waals surface area (Å²) in [6.45, 7) is 5.34. The first kappa shape index (κ1) is 20.0. The zero-order valence-electron chi connectivity index (χ0n) is 15.1. The van der Waals surface area contributed by atoms with Crippen LogP contribution in [0.4, 0.5) is 5.69 Å². The Morgan fingerprint density at radius 1 is 1.29 bits per heavy atom. The monoisotopic (exact) mass is 417 g/mol. The maximum atomic E-state index is 12.5. The first-order chi connectivity index (χ1) is 13.4. The maximum Gasteiger partial charge on any atom is 0.277 e. The third-order valence-electron chi connectivity index (χ3n) is 3.76. The maximum absolute atomic E-state index is 12.5. The zero-order chi connectivity index (χ0) is 20.1. The van der Waals surface area contributed by atoms with E-state index in [1.54, 1.807) is 31.2 Å². The van der Waals surface area contributed by atoms with Crippen LogP contribution in [0.1, 0.15) is 21.8 Å². The molecule has 0 aliphatic carbocycles. The van der Waals surface area contributed by atoms with Crippen molar-refractivity contribution in [2.24, 2.45) is 0 Å². The van der Waals surface area contributed by atoms with Gasteiger partial charge >= 0.3 is 0 Å². The summed E-state index contributed by atoms with van der Waals surface area (Å²) < 4.78 is 31.8. The van der Waals surface area contributed by atoms with Crippen molar-refractivity contribution in [3.8, 4) is 10.8 Å². The molecular weight excluding hydrogens is 398 g/mol. The third-order valence-corrected chi connectivity index (χ3v) is 5.94. The molecule has 0 bridgehead atoms. The van der Waals surface area contributed by atoms with Gasteiger partial charge in [-0.25, -0.2) is 18.1 Å². The number of hydrogen-bond acceptors (Lipinski definition) is 6. The first-order valence-electron chi connectivity index (χ1n) is 8.38. The van der Waals surface area contributed by atoms with Gasteiger partial charge in [0, 0.05) is 12.2 Å². The van der Waals surface area contributed by atoms with Crippen LogP contribution in [0.5, 0.6) is 0 Å². The summed E-state index contributed by atoms with van der Waals surface area (Å²) in [6, 6.07) is 10.3. The van der Waals surface area contributed by atoms with Gasteiger partial charge in [-0.05, 0) is 36.1 Å². The van der Waals surface area contributed by atoms with Crippen molar-refractivity contribution in [1.29, 1.82) is 0 Å². The molecule has 7 nitrogen and oxygen atoms in total. The lowest BCUT2D eigenvalue weighted by Crippen LogP contribution is -2.25. The van der Waals surface area contributed by atoms with Gasteiger partial charge in [-0.2, -0.15) is 0 Å². The second-order valence-corrected chi connectivity index (χ2v) is 8.70. The molecule has 0 fully saturated rings. The highest BCUT2D eigenvalue weighted by atomic mass is 32.2. The number of hydrogen-bond donors (Lipinski definition) is 2. The standard InChI is InChI=1S/C19H19N3O4S2/c1-3-10-20-28(24,25)12-14-6-8-15(9-7-14)21-18(23)17-13(2)26-19(22-17)16-5-4-11-27-16/h3-9,11,20H,1,10,12H2,2H3,(H,21,23). The number of benzene rings is 1. The topological polar surface area (TPSA) is 101 Å². The lowest BCUT2D eigenvalue weighted by molar-refractivity contribution is 0.102. The Labute approximate surface area is 167 Å². The summed E-state index contributed by atoms with van der Waals surface area (Å²) in [5, 5.41) is 4.65. The average molecular weight is 418 g/mol. The van der Waals surface area contributed by atoms with Crippen molar-refractivity contribution in [3.63, 3.8) is 0 Å². The molecule has 0 unspecified atom stereocenters. The summed E-state index contributed by atoms with van der Waals surface area (Å²) in [5.41, 5.74) is 1.35. The van der Waals surface area contributed by atoms with Crippen molar-refractivity contribution >= 4 is 33.0 Å². The molecule has 0 spiro atoms. The average Bonchev–Trinajstić information content (AvgIpc) is 3.31. The van der Waals surface area contributed by atoms with Crippen LogP contribution in [-0.4, -0.2) is 25.9 Å². The molecule has 3 aromatic rings. The quantitative estimate of drug-likeness (QED) is 0.546. The van der Waals surface area contributed by atoms with Gasteiger partial charge in [0.2, 0.25) is 15.9 Å². The zero-order valence-corrected chi connectivity index (χ0v) is 16.8. The van der Waals surface area contributed by atoms with E-state index in [0.717, 1.165) is 4.88 Å². The van der Waals surface area contributed by atoms with E-state index in [1.807, 2.05) is 17.5 Å². The van der Waals surface area contributed by atoms with Gasteiger partial charge in [-0.1, -0.05) is 24.3 Å². The van der Waals surface area contributed by atoms with E-state index in [2.05, 4.69) is 21.6 Å². The van der Waals surface area contributed by atoms with Gasteiger partial charge < -0.3 is 9.73 Å². The fraction of sp³-hybridized carbons (Fsp3) is 0.158. The summed E-state index contributed by atoms with van der Waals surface area (Å²) in [6.07, 6.45) is 1.48. The molecule has 0 atom stereocenters. The molecule has 0 aliphatic rings. The van der Waals surface area contributed by atoms with Crippen molar-refractivity contribution in [3.05, 3.63) is 71.5 Å². The Balaban J connectivity index is 1.67. The van der Waals surface area contributed by atoms with Crippen LogP contribution in [0, 0.1) is 6.92 Å². The lowest BCUT2D eigenvalue weighted by Gasteiger charge is -2.07. The van der Waals surface area contributed by atoms with Crippen LogP contribution in [0.25, 0.3) is 10.8 Å². The smallest absolute Gasteiger partial charge is 0.277 e. The van der Waals surface area contributed by atoms with Crippen LogP contribution < -0.4 is 10.0 Å². The van der Waals surface area contributed by atoms with Crippen molar-refractivity contribution in [1.82, 2.24) is 9.71 Å². The molecule has 2 heterocycles. The van der Waals surface area contributed by atoms with E-state index in [9.17, 15) is 13.2 Å². The molecule has 1 aromatic carbocycles. The van der Waals surface area contributed by atoms with E-state index in [0.29, 0.717) is 22.9 Å². The Bertz CT molecular complexity index is 1070. The van der Waals surface area contributed by atoms with E-state index in [1.165, 1.54) is 17.4 Å². The molecule has 1 amide bonds. The van der Waals surface area contributed by atoms with Crippen LogP contribution in [-0.2, 0) is 15.8 Å². The molecular formula is C19H19N3O4S2. The van der Waals surface area contributed by atoms with E-state index < -0.39 is 15.9 Å². The number of carbonyl (C=O) groups excluding carboxylic acids is 1. The molecule has 0 radical (unpaired) electrons. The fourth-order valence-electron chi connectivity index (χ4n) is 2.44. The highest BCUT2D eigenvalue weighted by molar-refractivity contribution is 7.88. The predicted octanol–water partition coefficient (Wildman–Crippen LogP) is 3.57. The molecule has 9 heteroatoms. The third kappa shape index (κ3) is 4.94. The van der Waals surface area contributed by atoms with Crippen LogP contribution >= 0.6 is 11.3 Å². The number of aromatic nitrogens is 1. The largest absolute Gasteiger partial charge is 0.440 e. The molecule has 2 N–H and O–H groups in total. The number of aryl methyl sites for hydroxylation is 1. The second-order valence-electron chi connectivity index (χ2n) is 5.95. The van der Waals surface area contributed by atoms with Crippen LogP contribution in [0.15, 0.2) is 58.9 Å². The molecule has 28 heavy (non-hydrogen) atoms.